The van der Waals surface area contributed by atoms with Crippen LogP contribution in [0.2, 0.25) is 10.0 Å². The lowest BCUT2D eigenvalue weighted by Crippen LogP contribution is -2.39. The molecule has 53 heavy (non-hydrogen) atoms. The Bertz CT molecular complexity index is 1250. The number of urea groups is 1. The van der Waals surface area contributed by atoms with Gasteiger partial charge in [0, 0.05) is 40.3 Å². The lowest BCUT2D eigenvalue weighted by atomic mass is 10.0. The fourth-order valence-corrected chi connectivity index (χ4v) is 5.38. The molecule has 1 aliphatic heterocycles. The molecule has 14 nitrogen and oxygen atoms in total. The molecule has 0 bridgehead atoms. The van der Waals surface area contributed by atoms with E-state index in [1.54, 1.807) is 24.1 Å². The van der Waals surface area contributed by atoms with Gasteiger partial charge in [0.1, 0.15) is 0 Å². The number of β-amino-alcohol motifs (C(OH)–C–C–N with tert-alkyl or cyclic N) is 1. The second-order valence-corrected chi connectivity index (χ2v) is 12.8. The summed E-state index contributed by atoms with van der Waals surface area (Å²) in [5.41, 5.74) is 6.83. The zero-order valence-corrected chi connectivity index (χ0v) is 32.6. The number of nitrogens with two attached hydrogens (primary N) is 1. The molecule has 4 N–H and O–H groups in total. The van der Waals surface area contributed by atoms with Crippen LogP contribution in [-0.2, 0) is 44.4 Å². The molecule has 1 aliphatic rings. The number of nitrogens with one attached hydrogen (secondary N) is 1. The number of ether oxygens (including phenoxy) is 7. The van der Waals surface area contributed by atoms with E-state index < -0.39 is 6.03 Å². The maximum absolute atomic E-state index is 12.9. The number of aliphatic hydroxyl groups is 1. The number of methoxy groups -OCH3 is 1. The minimum atomic E-state index is -0.554. The van der Waals surface area contributed by atoms with Crippen molar-refractivity contribution in [1.29, 1.82) is 0 Å². The van der Waals surface area contributed by atoms with Crippen molar-refractivity contribution in [2.24, 2.45) is 5.73 Å². The van der Waals surface area contributed by atoms with Gasteiger partial charge in [-0.15, -0.1) is 0 Å². The molecular weight excluding hydrogens is 731 g/mol. The zero-order chi connectivity index (χ0) is 38.5. The predicted molar refractivity (Wildman–Crippen MR) is 204 cm³/mol. The summed E-state index contributed by atoms with van der Waals surface area (Å²) in [5.74, 6) is 0.0157. The Labute approximate surface area is 324 Å². The maximum atomic E-state index is 12.9. The van der Waals surface area contributed by atoms with E-state index in [-0.39, 0.29) is 24.5 Å². The second-order valence-electron chi connectivity index (χ2n) is 12.0. The highest BCUT2D eigenvalue weighted by atomic mass is 35.5. The van der Waals surface area contributed by atoms with E-state index in [1.165, 1.54) is 0 Å². The molecule has 0 saturated carbocycles. The highest BCUT2D eigenvalue weighted by Gasteiger charge is 2.28. The van der Waals surface area contributed by atoms with Gasteiger partial charge in [-0.25, -0.2) is 4.79 Å². The van der Waals surface area contributed by atoms with Crippen molar-refractivity contribution in [3.8, 4) is 0 Å². The summed E-state index contributed by atoms with van der Waals surface area (Å²) in [4.78, 5) is 27.3. The first-order chi connectivity index (χ1) is 25.7. The molecule has 0 radical (unpaired) electrons. The van der Waals surface area contributed by atoms with Crippen molar-refractivity contribution in [3.05, 3.63) is 69.7 Å². The molecule has 2 aromatic rings. The molecule has 300 valence electrons. The van der Waals surface area contributed by atoms with Crippen LogP contribution in [0, 0.1) is 0 Å². The van der Waals surface area contributed by atoms with E-state index in [4.69, 9.17) is 62.1 Å². The number of likely N-dealkylation sites (tertiary alicyclic amines) is 1. The summed E-state index contributed by atoms with van der Waals surface area (Å²) in [6, 6.07) is 14.7. The molecule has 0 aliphatic carbocycles. The first-order valence-corrected chi connectivity index (χ1v) is 18.6. The Hall–Kier alpha value is -2.60. The molecule has 16 heteroatoms. The standard InChI is InChI=1S/C21H24Cl2N2O2.C16H34N2O8/c1-24(21(27)12-15-7-8-18(22)19(23)11-15)20(16-5-3-2-4-6-16)14-25-10-9-17(26)13-25;1-20-4-5-22-8-9-24-12-13-26-15-14-25-11-10-23-7-6-21-3-2-18-16(17)19/h2-8,11,17,20,26H,9-10,12-14H2,1H3;2-15H2,1H3,(H3,17,18,19). The summed E-state index contributed by atoms with van der Waals surface area (Å²) in [6.07, 6.45) is 0.764. The molecule has 1 heterocycles. The first-order valence-electron chi connectivity index (χ1n) is 17.8. The third-order valence-electron chi connectivity index (χ3n) is 7.90. The number of hydrogen-bond acceptors (Lipinski definition) is 11. The number of likely N-dealkylation sites (N-methyl/N-ethyl adjacent to an activating group) is 1. The normalized spacial score (nSPS) is 14.8. The number of benzene rings is 2. The van der Waals surface area contributed by atoms with Gasteiger partial charge in [0.15, 0.2) is 0 Å². The molecule has 2 aromatic carbocycles. The predicted octanol–water partition coefficient (Wildman–Crippen LogP) is 3.20. The Balaban J connectivity index is 0.000000367. The van der Waals surface area contributed by atoms with Crippen molar-refractivity contribution in [2.45, 2.75) is 25.0 Å². The molecule has 3 rings (SSSR count). The number of nitrogens with zero attached hydrogens (tertiary/aromatic N) is 2. The van der Waals surface area contributed by atoms with Crippen LogP contribution in [0.1, 0.15) is 23.6 Å². The van der Waals surface area contributed by atoms with E-state index in [1.807, 2.05) is 43.4 Å². The fourth-order valence-electron chi connectivity index (χ4n) is 5.06. The highest BCUT2D eigenvalue weighted by molar-refractivity contribution is 6.42. The number of halogens is 2. The Morgan fingerprint density at radius 1 is 0.830 bits per heavy atom. The largest absolute Gasteiger partial charge is 0.392 e. The number of rotatable bonds is 27. The van der Waals surface area contributed by atoms with Gasteiger partial charge in [-0.3, -0.25) is 9.69 Å². The van der Waals surface area contributed by atoms with Gasteiger partial charge >= 0.3 is 6.03 Å². The minimum Gasteiger partial charge on any atom is -0.392 e. The van der Waals surface area contributed by atoms with Crippen LogP contribution < -0.4 is 11.1 Å². The summed E-state index contributed by atoms with van der Waals surface area (Å²) in [5, 5.41) is 13.2. The quantitative estimate of drug-likeness (QED) is 0.114. The molecule has 2 atom stereocenters. The Kier molecular flexibility index (Phi) is 26.1. The van der Waals surface area contributed by atoms with Crippen molar-refractivity contribution in [3.63, 3.8) is 0 Å². The zero-order valence-electron chi connectivity index (χ0n) is 31.1. The summed E-state index contributed by atoms with van der Waals surface area (Å²) in [6.45, 7) is 9.30. The molecule has 1 fully saturated rings. The third kappa shape index (κ3) is 22.4. The van der Waals surface area contributed by atoms with Gasteiger partial charge in [-0.05, 0) is 29.7 Å². The average Bonchev–Trinajstić information content (AvgIpc) is 3.57. The number of primary amides is 1. The Morgan fingerprint density at radius 2 is 1.36 bits per heavy atom. The third-order valence-corrected chi connectivity index (χ3v) is 8.64. The summed E-state index contributed by atoms with van der Waals surface area (Å²) < 4.78 is 36.7. The first kappa shape index (κ1) is 46.6. The number of carbonyl (C=O) groups is 2. The second kappa shape index (κ2) is 29.7. The van der Waals surface area contributed by atoms with Crippen molar-refractivity contribution < 1.29 is 47.9 Å². The SMILES string of the molecule is CN(C(=O)Cc1ccc(Cl)c(Cl)c1)C(CN1CCC(O)C1)c1ccccc1.COCCOCCOCCOCCOCCOCCOCCNC(N)=O. The van der Waals surface area contributed by atoms with E-state index in [0.717, 1.165) is 24.1 Å². The lowest BCUT2D eigenvalue weighted by molar-refractivity contribution is -0.131. The van der Waals surface area contributed by atoms with Gasteiger partial charge in [0.05, 0.1) is 115 Å². The Morgan fingerprint density at radius 3 is 1.83 bits per heavy atom. The van der Waals surface area contributed by atoms with E-state index >= 15 is 0 Å². The number of amides is 3. The summed E-state index contributed by atoms with van der Waals surface area (Å²) in [7, 11) is 3.48. The van der Waals surface area contributed by atoms with Crippen LogP contribution >= 0.6 is 23.2 Å². The number of carbonyl (C=O) groups excluding carboxylic acids is 2. The van der Waals surface area contributed by atoms with Gasteiger partial charge in [-0.1, -0.05) is 59.6 Å². The van der Waals surface area contributed by atoms with Gasteiger partial charge in [0.25, 0.3) is 0 Å². The molecular formula is C37H58Cl2N4O10. The molecule has 3 amide bonds. The van der Waals surface area contributed by atoms with Crippen LogP contribution in [0.15, 0.2) is 48.5 Å². The topological polar surface area (TPSA) is 164 Å². The number of aliphatic hydroxyl groups excluding tert-OH is 1. The van der Waals surface area contributed by atoms with Crippen LogP contribution in [0.4, 0.5) is 4.79 Å². The van der Waals surface area contributed by atoms with Gasteiger partial charge in [0.2, 0.25) is 5.91 Å². The maximum Gasteiger partial charge on any atom is 0.312 e. The molecule has 1 saturated heterocycles. The lowest BCUT2D eigenvalue weighted by Gasteiger charge is -2.32. The van der Waals surface area contributed by atoms with Crippen molar-refractivity contribution in [2.75, 3.05) is 126 Å². The van der Waals surface area contributed by atoms with Crippen LogP contribution in [0.5, 0.6) is 0 Å². The smallest absolute Gasteiger partial charge is 0.312 e. The van der Waals surface area contributed by atoms with Crippen LogP contribution in [0.25, 0.3) is 0 Å². The highest BCUT2D eigenvalue weighted by Crippen LogP contribution is 2.26. The van der Waals surface area contributed by atoms with E-state index in [9.17, 15) is 14.7 Å². The van der Waals surface area contributed by atoms with Crippen molar-refractivity contribution >= 4 is 35.1 Å². The van der Waals surface area contributed by atoms with E-state index in [0.29, 0.717) is 116 Å². The monoisotopic (exact) mass is 788 g/mol. The average molecular weight is 790 g/mol. The fraction of sp³-hybridized carbons (Fsp3) is 0.622. The summed E-state index contributed by atoms with van der Waals surface area (Å²) >= 11 is 12.0. The van der Waals surface area contributed by atoms with Gasteiger partial charge in [-0.2, -0.15) is 0 Å². The van der Waals surface area contributed by atoms with Gasteiger partial charge < -0.3 is 54.2 Å². The van der Waals surface area contributed by atoms with Crippen molar-refractivity contribution in [1.82, 2.24) is 15.1 Å². The number of hydrogen-bond donors (Lipinski definition) is 3. The van der Waals surface area contributed by atoms with Crippen LogP contribution in [-0.4, -0.2) is 159 Å². The minimum absolute atomic E-state index is 0.0157. The molecule has 0 aromatic heterocycles. The van der Waals surface area contributed by atoms with E-state index in [2.05, 4.69) is 10.2 Å². The van der Waals surface area contributed by atoms with Crippen LogP contribution in [0.3, 0.4) is 0 Å². The molecule has 0 spiro atoms. The molecule has 2 unspecified atom stereocenters.